The molecule has 1 amide bonds. The van der Waals surface area contributed by atoms with Crippen LogP contribution in [0.5, 0.6) is 0 Å². The summed E-state index contributed by atoms with van der Waals surface area (Å²) in [6, 6.07) is 0. The molecular weight excluding hydrogens is 192 g/mol. The van der Waals surface area contributed by atoms with Gasteiger partial charge in [0, 0.05) is 6.54 Å². The molecule has 5 nitrogen and oxygen atoms in total. The van der Waals surface area contributed by atoms with Crippen LogP contribution in [0.2, 0.25) is 0 Å². The Morgan fingerprint density at radius 3 is 2.80 bits per heavy atom. The van der Waals surface area contributed by atoms with Crippen LogP contribution in [0.4, 0.5) is 5.69 Å². The second-order valence-electron chi connectivity index (χ2n) is 3.47. The number of nitrogen functional groups attached to an aromatic ring is 1. The maximum absolute atomic E-state index is 11.6. The third-order valence-electron chi connectivity index (χ3n) is 2.13. The van der Waals surface area contributed by atoms with Gasteiger partial charge in [0.1, 0.15) is 0 Å². The Bertz CT molecular complexity index is 332. The zero-order valence-electron chi connectivity index (χ0n) is 9.26. The number of nitrogens with one attached hydrogen (secondary N) is 2. The van der Waals surface area contributed by atoms with Gasteiger partial charge in [0.05, 0.1) is 11.4 Å². The van der Waals surface area contributed by atoms with Crippen LogP contribution in [0.15, 0.2) is 0 Å². The van der Waals surface area contributed by atoms with Gasteiger partial charge in [-0.25, -0.2) is 0 Å². The molecule has 0 aliphatic heterocycles. The third-order valence-corrected chi connectivity index (χ3v) is 2.13. The highest BCUT2D eigenvalue weighted by atomic mass is 16.1. The quantitative estimate of drug-likeness (QED) is 0.680. The number of carbonyl (C=O) groups is 1. The summed E-state index contributed by atoms with van der Waals surface area (Å²) < 4.78 is 0. The van der Waals surface area contributed by atoms with E-state index in [0.29, 0.717) is 17.9 Å². The first-order valence-corrected chi connectivity index (χ1v) is 5.31. The molecule has 0 atom stereocenters. The van der Waals surface area contributed by atoms with Gasteiger partial charge in [-0.05, 0) is 12.8 Å². The van der Waals surface area contributed by atoms with E-state index in [9.17, 15) is 4.79 Å². The van der Waals surface area contributed by atoms with Gasteiger partial charge in [0.15, 0.2) is 5.69 Å². The van der Waals surface area contributed by atoms with Crippen molar-refractivity contribution in [3.63, 3.8) is 0 Å². The Kier molecular flexibility index (Phi) is 4.15. The van der Waals surface area contributed by atoms with Gasteiger partial charge in [0.25, 0.3) is 5.91 Å². The maximum Gasteiger partial charge on any atom is 0.273 e. The molecule has 15 heavy (non-hydrogen) atoms. The van der Waals surface area contributed by atoms with Gasteiger partial charge in [0.2, 0.25) is 0 Å². The second kappa shape index (κ2) is 5.38. The zero-order valence-corrected chi connectivity index (χ0v) is 9.26. The van der Waals surface area contributed by atoms with E-state index in [0.717, 1.165) is 25.0 Å². The number of hydrogen-bond acceptors (Lipinski definition) is 3. The molecule has 1 heterocycles. The minimum Gasteiger partial charge on any atom is -0.395 e. The van der Waals surface area contributed by atoms with Crippen molar-refractivity contribution in [2.75, 3.05) is 12.3 Å². The molecule has 0 aliphatic carbocycles. The smallest absolute Gasteiger partial charge is 0.273 e. The molecule has 0 unspecified atom stereocenters. The summed E-state index contributed by atoms with van der Waals surface area (Å²) in [5.74, 6) is -0.201. The fourth-order valence-electron chi connectivity index (χ4n) is 1.32. The lowest BCUT2D eigenvalue weighted by Crippen LogP contribution is -2.25. The first-order chi connectivity index (χ1) is 7.20. The molecule has 1 aromatic heterocycles. The molecule has 0 saturated carbocycles. The number of aryl methyl sites for hydroxylation is 1. The van der Waals surface area contributed by atoms with Crippen LogP contribution in [0.1, 0.15) is 42.9 Å². The molecule has 0 aromatic carbocycles. The highest BCUT2D eigenvalue weighted by Gasteiger charge is 2.15. The van der Waals surface area contributed by atoms with Crippen LogP contribution in [0, 0.1) is 0 Å². The largest absolute Gasteiger partial charge is 0.395 e. The Balaban J connectivity index is 2.72. The zero-order chi connectivity index (χ0) is 11.3. The summed E-state index contributed by atoms with van der Waals surface area (Å²) >= 11 is 0. The summed E-state index contributed by atoms with van der Waals surface area (Å²) in [5.41, 5.74) is 7.44. The molecule has 0 bridgehead atoms. The number of amides is 1. The van der Waals surface area contributed by atoms with Crippen LogP contribution < -0.4 is 11.1 Å². The van der Waals surface area contributed by atoms with Crippen molar-refractivity contribution in [2.45, 2.75) is 33.1 Å². The molecule has 5 heteroatoms. The molecule has 84 valence electrons. The number of rotatable bonds is 5. The van der Waals surface area contributed by atoms with Crippen LogP contribution in [0.3, 0.4) is 0 Å². The van der Waals surface area contributed by atoms with Crippen molar-refractivity contribution in [3.8, 4) is 0 Å². The van der Waals surface area contributed by atoms with Gasteiger partial charge in [-0.3, -0.25) is 9.89 Å². The summed E-state index contributed by atoms with van der Waals surface area (Å²) in [5, 5.41) is 9.47. The minimum absolute atomic E-state index is 0.201. The lowest BCUT2D eigenvalue weighted by Gasteiger charge is -2.01. The summed E-state index contributed by atoms with van der Waals surface area (Å²) in [6.45, 7) is 4.70. The number of nitrogens with two attached hydrogens (primary N) is 1. The monoisotopic (exact) mass is 210 g/mol. The predicted octanol–water partition coefficient (Wildman–Crippen LogP) is 1.08. The van der Waals surface area contributed by atoms with Crippen molar-refractivity contribution in [3.05, 3.63) is 11.4 Å². The van der Waals surface area contributed by atoms with Gasteiger partial charge in [-0.2, -0.15) is 5.10 Å². The van der Waals surface area contributed by atoms with Crippen LogP contribution in [0.25, 0.3) is 0 Å². The highest BCUT2D eigenvalue weighted by molar-refractivity contribution is 5.97. The summed E-state index contributed by atoms with van der Waals surface area (Å²) in [4.78, 5) is 11.6. The molecule has 0 aliphatic rings. The molecule has 0 saturated heterocycles. The molecule has 1 aromatic rings. The van der Waals surface area contributed by atoms with Gasteiger partial charge in [-0.15, -0.1) is 0 Å². The van der Waals surface area contributed by atoms with Crippen molar-refractivity contribution >= 4 is 11.6 Å². The van der Waals surface area contributed by atoms with Crippen molar-refractivity contribution in [1.29, 1.82) is 0 Å². The summed E-state index contributed by atoms with van der Waals surface area (Å²) in [6.07, 6.45) is 2.69. The lowest BCUT2D eigenvalue weighted by molar-refractivity contribution is 0.0949. The predicted molar refractivity (Wildman–Crippen MR) is 59.6 cm³/mol. The van der Waals surface area contributed by atoms with Gasteiger partial charge >= 0.3 is 0 Å². The highest BCUT2D eigenvalue weighted by Crippen LogP contribution is 2.15. The number of nitrogens with zero attached hydrogens (tertiary/aromatic N) is 1. The Hall–Kier alpha value is -1.52. The first-order valence-electron chi connectivity index (χ1n) is 5.31. The molecular formula is C10H18N4O. The molecule has 0 fully saturated rings. The maximum atomic E-state index is 11.6. The van der Waals surface area contributed by atoms with Crippen LogP contribution >= 0.6 is 0 Å². The Morgan fingerprint density at radius 2 is 2.20 bits per heavy atom. The lowest BCUT2D eigenvalue weighted by atomic mass is 10.2. The van der Waals surface area contributed by atoms with E-state index in [-0.39, 0.29) is 5.91 Å². The van der Waals surface area contributed by atoms with Crippen LogP contribution in [-0.2, 0) is 6.42 Å². The van der Waals surface area contributed by atoms with E-state index in [4.69, 9.17) is 5.73 Å². The molecule has 1 rings (SSSR count). The Labute approximate surface area is 89.4 Å². The number of anilines is 1. The standard InChI is InChI=1S/C10H18N4O/c1-3-5-7-8(11)9(14-13-7)10(15)12-6-4-2/h3-6,11H2,1-2H3,(H,12,15)(H,13,14). The second-order valence-corrected chi connectivity index (χ2v) is 3.47. The normalized spacial score (nSPS) is 10.3. The van der Waals surface area contributed by atoms with Gasteiger partial charge < -0.3 is 11.1 Å². The van der Waals surface area contributed by atoms with Crippen LogP contribution in [-0.4, -0.2) is 22.6 Å². The van der Waals surface area contributed by atoms with E-state index in [2.05, 4.69) is 22.4 Å². The molecule has 0 spiro atoms. The number of hydrogen-bond donors (Lipinski definition) is 3. The van der Waals surface area contributed by atoms with E-state index in [1.54, 1.807) is 0 Å². The number of aromatic nitrogens is 2. The number of H-pyrrole nitrogens is 1. The number of aromatic amines is 1. The topological polar surface area (TPSA) is 83.8 Å². The number of carbonyl (C=O) groups excluding carboxylic acids is 1. The van der Waals surface area contributed by atoms with Crippen molar-refractivity contribution < 1.29 is 4.79 Å². The molecule has 0 radical (unpaired) electrons. The fraction of sp³-hybridized carbons (Fsp3) is 0.600. The van der Waals surface area contributed by atoms with E-state index >= 15 is 0 Å². The fourth-order valence-corrected chi connectivity index (χ4v) is 1.32. The average Bonchev–Trinajstić information content (AvgIpc) is 2.58. The van der Waals surface area contributed by atoms with E-state index in [1.807, 2.05) is 6.92 Å². The molecule has 4 N–H and O–H groups in total. The van der Waals surface area contributed by atoms with Crippen molar-refractivity contribution in [1.82, 2.24) is 15.5 Å². The average molecular weight is 210 g/mol. The summed E-state index contributed by atoms with van der Waals surface area (Å²) in [7, 11) is 0. The minimum atomic E-state index is -0.201. The van der Waals surface area contributed by atoms with E-state index < -0.39 is 0 Å². The third kappa shape index (κ3) is 2.71. The van der Waals surface area contributed by atoms with Gasteiger partial charge in [-0.1, -0.05) is 20.3 Å². The SMILES string of the molecule is CCCNC(=O)c1n[nH]c(CCC)c1N. The Morgan fingerprint density at radius 1 is 1.47 bits per heavy atom. The van der Waals surface area contributed by atoms with E-state index in [1.165, 1.54) is 0 Å². The van der Waals surface area contributed by atoms with Crippen molar-refractivity contribution in [2.24, 2.45) is 0 Å². The first kappa shape index (κ1) is 11.6.